The van der Waals surface area contributed by atoms with Crippen molar-refractivity contribution in [1.29, 1.82) is 0 Å². The summed E-state index contributed by atoms with van der Waals surface area (Å²) in [5, 5.41) is 0. The zero-order chi connectivity index (χ0) is 29.0. The number of nitrogens with zero attached hydrogens (tertiary/aromatic N) is 3. The topological polar surface area (TPSA) is 96.9 Å². The number of carbonyl (C=O) groups excluding carboxylic acids is 2. The van der Waals surface area contributed by atoms with Crippen LogP contribution in [0, 0.1) is 0 Å². The SMILES string of the molecule is CC(C)(C)OC(=O)N1CCN(C(=O)c2[nH]c(=O)n([C@H]3CCCC[C@H]3OCc3ccccc3)c2-c2ccccc2)CC1. The van der Waals surface area contributed by atoms with E-state index in [1.165, 1.54) is 0 Å². The van der Waals surface area contributed by atoms with Crippen LogP contribution in [0.2, 0.25) is 0 Å². The monoisotopic (exact) mass is 560 g/mol. The maximum absolute atomic E-state index is 13.9. The summed E-state index contributed by atoms with van der Waals surface area (Å²) in [6.45, 7) is 7.41. The Hall–Kier alpha value is -3.85. The van der Waals surface area contributed by atoms with E-state index in [1.54, 1.807) is 14.4 Å². The van der Waals surface area contributed by atoms with Gasteiger partial charge >= 0.3 is 11.8 Å². The van der Waals surface area contributed by atoms with Crippen LogP contribution in [0.5, 0.6) is 0 Å². The van der Waals surface area contributed by atoms with Crippen LogP contribution in [0.4, 0.5) is 4.79 Å². The summed E-state index contributed by atoms with van der Waals surface area (Å²) in [5.74, 6) is -0.249. The van der Waals surface area contributed by atoms with Crippen LogP contribution in [-0.2, 0) is 16.1 Å². The van der Waals surface area contributed by atoms with Crippen molar-refractivity contribution in [3.05, 3.63) is 82.4 Å². The minimum atomic E-state index is -0.585. The van der Waals surface area contributed by atoms with Gasteiger partial charge in [-0.25, -0.2) is 9.59 Å². The standard InChI is InChI=1S/C32H40N4O5/c1-32(2,3)41-31(39)35-20-18-34(19-21-35)29(37)27-28(24-14-8-5-9-15-24)36(30(38)33-27)25-16-10-11-17-26(25)40-22-23-12-6-4-7-13-23/h4-9,12-15,25-26H,10-11,16-22H2,1-3H3,(H,33,38)/t25-,26+/m0/s1. The molecule has 3 aromatic rings. The van der Waals surface area contributed by atoms with Crippen molar-refractivity contribution in [3.8, 4) is 11.3 Å². The summed E-state index contributed by atoms with van der Waals surface area (Å²) in [5.41, 5.74) is 1.87. The van der Waals surface area contributed by atoms with Crippen LogP contribution in [0.3, 0.4) is 0 Å². The zero-order valence-electron chi connectivity index (χ0n) is 24.2. The first-order valence-electron chi connectivity index (χ1n) is 14.5. The normalized spacial score (nSPS) is 19.7. The van der Waals surface area contributed by atoms with Gasteiger partial charge in [-0.05, 0) is 39.2 Å². The third kappa shape index (κ3) is 6.73. The van der Waals surface area contributed by atoms with E-state index in [4.69, 9.17) is 9.47 Å². The molecule has 5 rings (SSSR count). The second-order valence-electron chi connectivity index (χ2n) is 11.8. The number of piperazine rings is 1. The van der Waals surface area contributed by atoms with E-state index in [2.05, 4.69) is 4.98 Å². The fourth-order valence-corrected chi connectivity index (χ4v) is 5.72. The lowest BCUT2D eigenvalue weighted by Gasteiger charge is -2.35. The number of hydrogen-bond acceptors (Lipinski definition) is 5. The summed E-state index contributed by atoms with van der Waals surface area (Å²) < 4.78 is 13.7. The first kappa shape index (κ1) is 28.7. The van der Waals surface area contributed by atoms with E-state index in [-0.39, 0.29) is 35.5 Å². The van der Waals surface area contributed by atoms with Crippen LogP contribution in [0.25, 0.3) is 11.3 Å². The minimum absolute atomic E-state index is 0.153. The molecule has 2 fully saturated rings. The van der Waals surface area contributed by atoms with Gasteiger partial charge in [0.05, 0.1) is 24.4 Å². The van der Waals surface area contributed by atoms with Gasteiger partial charge in [-0.15, -0.1) is 0 Å². The summed E-state index contributed by atoms with van der Waals surface area (Å²) in [6, 6.07) is 19.4. The zero-order valence-corrected chi connectivity index (χ0v) is 24.2. The second-order valence-corrected chi connectivity index (χ2v) is 11.8. The Bertz CT molecular complexity index is 1380. The van der Waals surface area contributed by atoms with Crippen LogP contribution < -0.4 is 5.69 Å². The fraction of sp³-hybridized carbons (Fsp3) is 0.469. The summed E-state index contributed by atoms with van der Waals surface area (Å²) in [6.07, 6.45) is 3.12. The van der Waals surface area contributed by atoms with Crippen molar-refractivity contribution in [2.75, 3.05) is 26.2 Å². The fourth-order valence-electron chi connectivity index (χ4n) is 5.72. The largest absolute Gasteiger partial charge is 0.444 e. The molecule has 2 heterocycles. The summed E-state index contributed by atoms with van der Waals surface area (Å²) in [4.78, 5) is 46.3. The van der Waals surface area contributed by atoms with E-state index in [0.29, 0.717) is 38.5 Å². The highest BCUT2D eigenvalue weighted by Gasteiger charge is 2.35. The van der Waals surface area contributed by atoms with Crippen molar-refractivity contribution < 1.29 is 19.1 Å². The smallest absolute Gasteiger partial charge is 0.410 e. The first-order chi connectivity index (χ1) is 19.7. The van der Waals surface area contributed by atoms with Gasteiger partial charge in [0.1, 0.15) is 11.3 Å². The van der Waals surface area contributed by atoms with Gasteiger partial charge in [-0.1, -0.05) is 73.5 Å². The van der Waals surface area contributed by atoms with Gasteiger partial charge in [0, 0.05) is 31.7 Å². The maximum atomic E-state index is 13.9. The average Bonchev–Trinajstić information content (AvgIpc) is 3.32. The van der Waals surface area contributed by atoms with Gasteiger partial charge < -0.3 is 24.3 Å². The molecule has 2 amide bonds. The molecule has 0 unspecified atom stereocenters. The quantitative estimate of drug-likeness (QED) is 0.445. The molecule has 0 spiro atoms. The number of imidazole rings is 1. The summed E-state index contributed by atoms with van der Waals surface area (Å²) >= 11 is 0. The summed E-state index contributed by atoms with van der Waals surface area (Å²) in [7, 11) is 0. The van der Waals surface area contributed by atoms with Crippen molar-refractivity contribution >= 4 is 12.0 Å². The van der Waals surface area contributed by atoms with Crippen LogP contribution in [0.1, 0.15) is 68.5 Å². The number of ether oxygens (including phenoxy) is 2. The number of aromatic amines is 1. The lowest BCUT2D eigenvalue weighted by Crippen LogP contribution is -2.51. The molecular formula is C32H40N4O5. The number of amides is 2. The van der Waals surface area contributed by atoms with Gasteiger partial charge in [-0.2, -0.15) is 0 Å². The predicted molar refractivity (Wildman–Crippen MR) is 157 cm³/mol. The molecule has 0 radical (unpaired) electrons. The first-order valence-corrected chi connectivity index (χ1v) is 14.5. The van der Waals surface area contributed by atoms with Crippen LogP contribution >= 0.6 is 0 Å². The van der Waals surface area contributed by atoms with E-state index in [1.807, 2.05) is 81.4 Å². The molecule has 218 valence electrons. The van der Waals surface area contributed by atoms with E-state index >= 15 is 0 Å². The van der Waals surface area contributed by atoms with Crippen molar-refractivity contribution in [3.63, 3.8) is 0 Å². The maximum Gasteiger partial charge on any atom is 0.410 e. The number of aromatic nitrogens is 2. The third-order valence-electron chi connectivity index (χ3n) is 7.71. The number of nitrogens with one attached hydrogen (secondary N) is 1. The molecule has 2 aromatic carbocycles. The van der Waals surface area contributed by atoms with Gasteiger partial charge in [0.15, 0.2) is 0 Å². The molecular weight excluding hydrogens is 520 g/mol. The van der Waals surface area contributed by atoms with Crippen molar-refractivity contribution in [2.24, 2.45) is 0 Å². The lowest BCUT2D eigenvalue weighted by molar-refractivity contribution is -0.0167. The Kier molecular flexibility index (Phi) is 8.63. The van der Waals surface area contributed by atoms with Gasteiger partial charge in [-0.3, -0.25) is 9.36 Å². The molecule has 2 atom stereocenters. The van der Waals surface area contributed by atoms with Crippen molar-refractivity contribution in [1.82, 2.24) is 19.4 Å². The van der Waals surface area contributed by atoms with Crippen LogP contribution in [0.15, 0.2) is 65.5 Å². The van der Waals surface area contributed by atoms with E-state index in [9.17, 15) is 14.4 Å². The Morgan fingerprint density at radius 3 is 2.15 bits per heavy atom. The number of rotatable bonds is 6. The van der Waals surface area contributed by atoms with Crippen LogP contribution in [-0.4, -0.2) is 69.2 Å². The molecule has 9 heteroatoms. The predicted octanol–water partition coefficient (Wildman–Crippen LogP) is 5.24. The molecule has 1 N–H and O–H groups in total. The minimum Gasteiger partial charge on any atom is -0.444 e. The Morgan fingerprint density at radius 1 is 0.878 bits per heavy atom. The van der Waals surface area contributed by atoms with Crippen molar-refractivity contribution in [2.45, 2.75) is 70.8 Å². The molecule has 1 aliphatic heterocycles. The molecule has 1 aromatic heterocycles. The molecule has 1 saturated heterocycles. The highest BCUT2D eigenvalue weighted by molar-refractivity contribution is 5.98. The Morgan fingerprint density at radius 2 is 1.49 bits per heavy atom. The number of hydrogen-bond donors (Lipinski definition) is 1. The number of benzene rings is 2. The molecule has 1 aliphatic carbocycles. The van der Waals surface area contributed by atoms with Gasteiger partial charge in [0.25, 0.3) is 5.91 Å². The molecule has 9 nitrogen and oxygen atoms in total. The molecule has 0 bridgehead atoms. The molecule has 1 saturated carbocycles. The second kappa shape index (κ2) is 12.3. The third-order valence-corrected chi connectivity index (χ3v) is 7.71. The average molecular weight is 561 g/mol. The van der Waals surface area contributed by atoms with Gasteiger partial charge in [0.2, 0.25) is 0 Å². The lowest BCUT2D eigenvalue weighted by atomic mass is 9.91. The molecule has 2 aliphatic rings. The molecule has 41 heavy (non-hydrogen) atoms. The highest BCUT2D eigenvalue weighted by atomic mass is 16.6. The Labute approximate surface area is 241 Å². The number of carbonyl (C=O) groups is 2. The Balaban J connectivity index is 1.41. The van der Waals surface area contributed by atoms with E-state index < -0.39 is 5.60 Å². The number of H-pyrrole nitrogens is 1. The highest BCUT2D eigenvalue weighted by Crippen LogP contribution is 2.35. The van der Waals surface area contributed by atoms with E-state index in [0.717, 1.165) is 36.8 Å².